The second-order valence-electron chi connectivity index (χ2n) is 6.67. The number of aromatic nitrogens is 2. The summed E-state index contributed by atoms with van der Waals surface area (Å²) in [6.45, 7) is 3.64. The lowest BCUT2D eigenvalue weighted by Gasteiger charge is -2.13. The number of hydrogen-bond acceptors (Lipinski definition) is 6. The van der Waals surface area contributed by atoms with Crippen molar-refractivity contribution in [2.75, 3.05) is 27.4 Å². The summed E-state index contributed by atoms with van der Waals surface area (Å²) < 4.78 is 10.1. The van der Waals surface area contributed by atoms with Crippen LogP contribution in [0.15, 0.2) is 35.1 Å². The number of thiophene rings is 1. The molecule has 28 heavy (non-hydrogen) atoms. The summed E-state index contributed by atoms with van der Waals surface area (Å²) in [4.78, 5) is 34.5. The van der Waals surface area contributed by atoms with Crippen LogP contribution in [0.2, 0.25) is 0 Å². The number of esters is 1. The highest BCUT2D eigenvalue weighted by molar-refractivity contribution is 7.20. The first-order valence-corrected chi connectivity index (χ1v) is 9.84. The number of quaternary nitrogens is 1. The molecule has 0 fully saturated rings. The summed E-state index contributed by atoms with van der Waals surface area (Å²) in [5.74, 6) is 0.150. The van der Waals surface area contributed by atoms with Crippen LogP contribution in [0.4, 0.5) is 0 Å². The molecule has 0 bridgehead atoms. The van der Waals surface area contributed by atoms with E-state index in [1.165, 1.54) is 21.8 Å². The van der Waals surface area contributed by atoms with Crippen LogP contribution in [-0.4, -0.2) is 43.3 Å². The SMILES string of the molecule is COCCOC(=O)c1sc2nc(C[NH+](C)Cc3ccccc3)[nH]c(=O)c2c1C. The Hall–Kier alpha value is -2.55. The van der Waals surface area contributed by atoms with Crippen LogP contribution in [0.3, 0.4) is 0 Å². The van der Waals surface area contributed by atoms with Gasteiger partial charge in [-0.2, -0.15) is 0 Å². The summed E-state index contributed by atoms with van der Waals surface area (Å²) >= 11 is 1.19. The standard InChI is InChI=1S/C20H23N3O4S/c1-13-16-18(24)21-15(12-23(2)11-14-7-5-4-6-8-14)22-19(16)28-17(13)20(25)27-10-9-26-3/h4-8H,9-12H2,1-3H3,(H,21,22,24)/p+1. The summed E-state index contributed by atoms with van der Waals surface area (Å²) in [5.41, 5.74) is 1.60. The van der Waals surface area contributed by atoms with Crippen molar-refractivity contribution < 1.29 is 19.2 Å². The lowest BCUT2D eigenvalue weighted by atomic mass is 10.2. The lowest BCUT2D eigenvalue weighted by Crippen LogP contribution is -3.06. The van der Waals surface area contributed by atoms with Gasteiger partial charge in [-0.1, -0.05) is 30.3 Å². The first-order chi connectivity index (χ1) is 13.5. The van der Waals surface area contributed by atoms with Crippen molar-refractivity contribution in [3.05, 3.63) is 62.5 Å². The van der Waals surface area contributed by atoms with Crippen LogP contribution in [0.1, 0.15) is 26.6 Å². The molecule has 1 atom stereocenters. The number of H-pyrrole nitrogens is 1. The summed E-state index contributed by atoms with van der Waals surface area (Å²) in [5, 5.41) is 0.452. The molecule has 0 saturated heterocycles. The summed E-state index contributed by atoms with van der Waals surface area (Å²) in [6, 6.07) is 10.2. The second kappa shape index (κ2) is 9.09. The molecular formula is C20H24N3O4S+. The van der Waals surface area contributed by atoms with Gasteiger partial charge in [0.2, 0.25) is 0 Å². The zero-order valence-electron chi connectivity index (χ0n) is 16.2. The highest BCUT2D eigenvalue weighted by Crippen LogP contribution is 2.27. The second-order valence-corrected chi connectivity index (χ2v) is 7.67. The Kier molecular flexibility index (Phi) is 6.56. The molecule has 1 unspecified atom stereocenters. The number of rotatable bonds is 8. The van der Waals surface area contributed by atoms with E-state index in [0.29, 0.717) is 39.6 Å². The molecule has 2 heterocycles. The third-order valence-electron chi connectivity index (χ3n) is 4.37. The van der Waals surface area contributed by atoms with Gasteiger partial charge in [-0.15, -0.1) is 11.3 Å². The van der Waals surface area contributed by atoms with Crippen LogP contribution in [-0.2, 0) is 22.6 Å². The average Bonchev–Trinajstić information content (AvgIpc) is 2.99. The fraction of sp³-hybridized carbons (Fsp3) is 0.350. The first kappa shape index (κ1) is 20.2. The molecule has 0 aliphatic heterocycles. The van der Waals surface area contributed by atoms with Gasteiger partial charge >= 0.3 is 5.97 Å². The van der Waals surface area contributed by atoms with Gasteiger partial charge in [-0.3, -0.25) is 4.79 Å². The Labute approximate surface area is 166 Å². The van der Waals surface area contributed by atoms with Crippen molar-refractivity contribution in [1.82, 2.24) is 9.97 Å². The predicted octanol–water partition coefficient (Wildman–Crippen LogP) is 1.31. The fourth-order valence-electron chi connectivity index (χ4n) is 3.04. The quantitative estimate of drug-likeness (QED) is 0.438. The molecule has 0 aliphatic carbocycles. The summed E-state index contributed by atoms with van der Waals surface area (Å²) in [7, 11) is 3.59. The minimum Gasteiger partial charge on any atom is -0.459 e. The molecule has 0 amide bonds. The van der Waals surface area contributed by atoms with Crippen LogP contribution < -0.4 is 10.5 Å². The predicted molar refractivity (Wildman–Crippen MR) is 108 cm³/mol. The van der Waals surface area contributed by atoms with Crippen molar-refractivity contribution in [1.29, 1.82) is 0 Å². The van der Waals surface area contributed by atoms with E-state index in [-0.39, 0.29) is 12.2 Å². The molecule has 2 aromatic heterocycles. The van der Waals surface area contributed by atoms with Crippen molar-refractivity contribution >= 4 is 27.5 Å². The molecule has 0 aliphatic rings. The van der Waals surface area contributed by atoms with Crippen LogP contribution in [0.5, 0.6) is 0 Å². The van der Waals surface area contributed by atoms with Gasteiger partial charge in [-0.25, -0.2) is 9.78 Å². The van der Waals surface area contributed by atoms with Gasteiger partial charge in [0.15, 0.2) is 5.82 Å². The normalized spacial score (nSPS) is 12.2. The third kappa shape index (κ3) is 4.64. The molecule has 0 spiro atoms. The molecular weight excluding hydrogens is 378 g/mol. The van der Waals surface area contributed by atoms with E-state index in [9.17, 15) is 9.59 Å². The monoisotopic (exact) mass is 402 g/mol. The highest BCUT2D eigenvalue weighted by Gasteiger charge is 2.21. The Balaban J connectivity index is 1.80. The van der Waals surface area contributed by atoms with Crippen molar-refractivity contribution in [2.24, 2.45) is 0 Å². The molecule has 0 saturated carbocycles. The molecule has 3 rings (SSSR count). The molecule has 3 aromatic rings. The molecule has 1 aromatic carbocycles. The average molecular weight is 402 g/mol. The van der Waals surface area contributed by atoms with E-state index in [1.807, 2.05) is 18.2 Å². The van der Waals surface area contributed by atoms with Crippen molar-refractivity contribution in [2.45, 2.75) is 20.0 Å². The van der Waals surface area contributed by atoms with E-state index in [0.717, 1.165) is 6.54 Å². The maximum absolute atomic E-state index is 12.6. The Morgan fingerprint density at radius 3 is 2.68 bits per heavy atom. The van der Waals surface area contributed by atoms with Gasteiger partial charge in [0.1, 0.15) is 29.4 Å². The topological polar surface area (TPSA) is 85.7 Å². The molecule has 8 heteroatoms. The Morgan fingerprint density at radius 1 is 1.21 bits per heavy atom. The van der Waals surface area contributed by atoms with Crippen molar-refractivity contribution in [3.63, 3.8) is 0 Å². The number of nitrogens with zero attached hydrogens (tertiary/aromatic N) is 1. The number of nitrogens with one attached hydrogen (secondary N) is 2. The smallest absolute Gasteiger partial charge is 0.348 e. The number of aryl methyl sites for hydroxylation is 1. The number of ether oxygens (including phenoxy) is 2. The maximum atomic E-state index is 12.6. The Morgan fingerprint density at radius 2 is 1.96 bits per heavy atom. The number of carbonyl (C=O) groups excluding carboxylic acids is 1. The van der Waals surface area contributed by atoms with Gasteiger partial charge in [0.25, 0.3) is 5.56 Å². The number of benzene rings is 1. The molecule has 148 valence electrons. The van der Waals surface area contributed by atoms with Gasteiger partial charge < -0.3 is 19.4 Å². The fourth-order valence-corrected chi connectivity index (χ4v) is 4.14. The van der Waals surface area contributed by atoms with Crippen LogP contribution in [0, 0.1) is 6.92 Å². The summed E-state index contributed by atoms with van der Waals surface area (Å²) in [6.07, 6.45) is 0. The zero-order valence-corrected chi connectivity index (χ0v) is 17.0. The number of aromatic amines is 1. The number of methoxy groups -OCH3 is 1. The first-order valence-electron chi connectivity index (χ1n) is 9.03. The van der Waals surface area contributed by atoms with E-state index in [1.54, 1.807) is 14.0 Å². The molecule has 2 N–H and O–H groups in total. The van der Waals surface area contributed by atoms with Crippen LogP contribution in [0.25, 0.3) is 10.2 Å². The Bertz CT molecular complexity index is 1010. The third-order valence-corrected chi connectivity index (χ3v) is 5.54. The highest BCUT2D eigenvalue weighted by atomic mass is 32.1. The number of hydrogen-bond donors (Lipinski definition) is 2. The van der Waals surface area contributed by atoms with E-state index in [2.05, 4.69) is 29.1 Å². The van der Waals surface area contributed by atoms with E-state index >= 15 is 0 Å². The minimum atomic E-state index is -0.453. The molecule has 7 nitrogen and oxygen atoms in total. The van der Waals surface area contributed by atoms with Gasteiger partial charge in [0, 0.05) is 12.7 Å². The van der Waals surface area contributed by atoms with Crippen molar-refractivity contribution in [3.8, 4) is 0 Å². The van der Waals surface area contributed by atoms with E-state index in [4.69, 9.17) is 9.47 Å². The number of carbonyl (C=O) groups is 1. The number of fused-ring (bicyclic) bond motifs is 1. The zero-order chi connectivity index (χ0) is 20.1. The van der Waals surface area contributed by atoms with Gasteiger partial charge in [0.05, 0.1) is 19.0 Å². The van der Waals surface area contributed by atoms with Crippen LogP contribution >= 0.6 is 11.3 Å². The maximum Gasteiger partial charge on any atom is 0.348 e. The largest absolute Gasteiger partial charge is 0.459 e. The lowest BCUT2D eigenvalue weighted by molar-refractivity contribution is -0.908. The van der Waals surface area contributed by atoms with E-state index < -0.39 is 5.97 Å². The minimum absolute atomic E-state index is 0.172. The molecule has 0 radical (unpaired) electrons. The van der Waals surface area contributed by atoms with Gasteiger partial charge in [-0.05, 0) is 12.5 Å².